The number of ether oxygens (including phenoxy) is 1. The summed E-state index contributed by atoms with van der Waals surface area (Å²) in [5.41, 5.74) is 1.35. The van der Waals surface area contributed by atoms with Crippen LogP contribution in [0.3, 0.4) is 0 Å². The van der Waals surface area contributed by atoms with Crippen molar-refractivity contribution in [1.82, 2.24) is 9.97 Å². The van der Waals surface area contributed by atoms with E-state index in [0.29, 0.717) is 17.1 Å². The van der Waals surface area contributed by atoms with E-state index >= 15 is 0 Å². The molecule has 0 saturated carbocycles. The molecule has 78 valence electrons. The Morgan fingerprint density at radius 2 is 2.19 bits per heavy atom. The van der Waals surface area contributed by atoms with Crippen molar-refractivity contribution in [3.8, 4) is 5.75 Å². The number of para-hydroxylation sites is 1. The summed E-state index contributed by atoms with van der Waals surface area (Å²) in [4.78, 5) is 18.7. The maximum atomic E-state index is 11.9. The van der Waals surface area contributed by atoms with Gasteiger partial charge in [-0.1, -0.05) is 12.1 Å². The molecule has 0 atom stereocenters. The number of Topliss-reactive ketones (excluding diaryl/α,β-unsaturated/α-hetero) is 1. The van der Waals surface area contributed by atoms with Crippen molar-refractivity contribution < 1.29 is 9.53 Å². The van der Waals surface area contributed by atoms with Gasteiger partial charge in [0.15, 0.2) is 5.76 Å². The predicted octanol–water partition coefficient (Wildman–Crippen LogP) is 2.03. The van der Waals surface area contributed by atoms with Gasteiger partial charge < -0.3 is 9.72 Å². The summed E-state index contributed by atoms with van der Waals surface area (Å²) in [6, 6.07) is 7.19. The first-order valence-electron chi connectivity index (χ1n) is 4.86. The SMILES string of the molecule is O=C1/C(=C/c2cnc[nH]2)Oc2ccccc21. The highest BCUT2D eigenvalue weighted by Gasteiger charge is 2.26. The molecule has 1 N–H and O–H groups in total. The van der Waals surface area contributed by atoms with E-state index < -0.39 is 0 Å². The van der Waals surface area contributed by atoms with Crippen LogP contribution >= 0.6 is 0 Å². The summed E-state index contributed by atoms with van der Waals surface area (Å²) in [6.45, 7) is 0. The first-order valence-corrected chi connectivity index (χ1v) is 4.86. The summed E-state index contributed by atoms with van der Waals surface area (Å²) in [6.07, 6.45) is 4.83. The number of aromatic amines is 1. The van der Waals surface area contributed by atoms with Gasteiger partial charge in [-0.15, -0.1) is 0 Å². The molecule has 0 radical (unpaired) electrons. The van der Waals surface area contributed by atoms with Gasteiger partial charge in [0.2, 0.25) is 5.78 Å². The Bertz CT molecular complexity index is 570. The van der Waals surface area contributed by atoms with Crippen LogP contribution in [0.4, 0.5) is 0 Å². The number of H-pyrrole nitrogens is 1. The smallest absolute Gasteiger partial charge is 0.232 e. The maximum Gasteiger partial charge on any atom is 0.232 e. The molecular formula is C12H8N2O2. The van der Waals surface area contributed by atoms with Gasteiger partial charge in [-0.3, -0.25) is 4.79 Å². The van der Waals surface area contributed by atoms with E-state index in [1.165, 1.54) is 0 Å². The van der Waals surface area contributed by atoms with Crippen molar-refractivity contribution in [2.45, 2.75) is 0 Å². The lowest BCUT2D eigenvalue weighted by atomic mass is 10.1. The van der Waals surface area contributed by atoms with Crippen LogP contribution in [-0.4, -0.2) is 15.8 Å². The molecule has 2 heterocycles. The quantitative estimate of drug-likeness (QED) is 0.736. The van der Waals surface area contributed by atoms with Crippen molar-refractivity contribution >= 4 is 11.9 Å². The van der Waals surface area contributed by atoms with Crippen molar-refractivity contribution in [3.05, 3.63) is 53.8 Å². The summed E-state index contributed by atoms with van der Waals surface area (Å²) >= 11 is 0. The Kier molecular flexibility index (Phi) is 1.86. The fraction of sp³-hybridized carbons (Fsp3) is 0. The van der Waals surface area contributed by atoms with Crippen molar-refractivity contribution in [3.63, 3.8) is 0 Å². The Balaban J connectivity index is 2.02. The highest BCUT2D eigenvalue weighted by atomic mass is 16.5. The normalized spacial score (nSPS) is 16.2. The molecule has 4 nitrogen and oxygen atoms in total. The highest BCUT2D eigenvalue weighted by Crippen LogP contribution is 2.30. The van der Waals surface area contributed by atoms with Gasteiger partial charge in [0.05, 0.1) is 23.8 Å². The molecule has 2 aromatic rings. The summed E-state index contributed by atoms with van der Waals surface area (Å²) in [5.74, 6) is 0.842. The number of rotatable bonds is 1. The number of carbonyl (C=O) groups excluding carboxylic acids is 1. The first-order chi connectivity index (χ1) is 7.84. The van der Waals surface area contributed by atoms with Crippen LogP contribution in [0.2, 0.25) is 0 Å². The third-order valence-corrected chi connectivity index (χ3v) is 2.38. The van der Waals surface area contributed by atoms with Gasteiger partial charge in [0.25, 0.3) is 0 Å². The first kappa shape index (κ1) is 8.91. The molecule has 0 unspecified atom stereocenters. The lowest BCUT2D eigenvalue weighted by Crippen LogP contribution is -1.97. The molecule has 0 fully saturated rings. The molecular weight excluding hydrogens is 204 g/mol. The summed E-state index contributed by atoms with van der Waals surface area (Å²) < 4.78 is 5.46. The standard InChI is InChI=1S/C12H8N2O2/c15-12-9-3-1-2-4-10(9)16-11(12)5-8-6-13-7-14-8/h1-7H,(H,13,14)/b11-5-. The second-order valence-electron chi connectivity index (χ2n) is 3.44. The molecule has 4 heteroatoms. The number of hydrogen-bond acceptors (Lipinski definition) is 3. The van der Waals surface area contributed by atoms with Crippen LogP contribution in [0.1, 0.15) is 16.1 Å². The molecule has 1 aliphatic heterocycles. The van der Waals surface area contributed by atoms with Gasteiger partial charge >= 0.3 is 0 Å². The minimum absolute atomic E-state index is 0.0924. The fourth-order valence-corrected chi connectivity index (χ4v) is 1.62. The van der Waals surface area contributed by atoms with E-state index in [2.05, 4.69) is 9.97 Å². The number of benzene rings is 1. The number of imidazole rings is 1. The Morgan fingerprint density at radius 1 is 1.31 bits per heavy atom. The zero-order chi connectivity index (χ0) is 11.0. The number of allylic oxidation sites excluding steroid dienone is 1. The minimum atomic E-state index is -0.0924. The van der Waals surface area contributed by atoms with E-state index in [4.69, 9.17) is 4.74 Å². The van der Waals surface area contributed by atoms with Crippen LogP contribution in [0.5, 0.6) is 5.75 Å². The van der Waals surface area contributed by atoms with E-state index in [1.54, 1.807) is 30.7 Å². The molecule has 0 spiro atoms. The number of nitrogens with zero attached hydrogens (tertiary/aromatic N) is 1. The summed E-state index contributed by atoms with van der Waals surface area (Å²) in [5, 5.41) is 0. The largest absolute Gasteiger partial charge is 0.452 e. The number of carbonyl (C=O) groups is 1. The second-order valence-corrected chi connectivity index (χ2v) is 3.44. The number of ketones is 1. The van der Waals surface area contributed by atoms with Crippen LogP contribution in [0.15, 0.2) is 42.5 Å². The Morgan fingerprint density at radius 3 is 2.94 bits per heavy atom. The molecule has 1 aliphatic rings. The number of hydrogen-bond donors (Lipinski definition) is 1. The second kappa shape index (κ2) is 3.34. The third-order valence-electron chi connectivity index (χ3n) is 2.38. The predicted molar refractivity (Wildman–Crippen MR) is 58.0 cm³/mol. The monoisotopic (exact) mass is 212 g/mol. The Labute approximate surface area is 91.6 Å². The molecule has 16 heavy (non-hydrogen) atoms. The lowest BCUT2D eigenvalue weighted by Gasteiger charge is -1.95. The van der Waals surface area contributed by atoms with Crippen molar-refractivity contribution in [2.75, 3.05) is 0 Å². The van der Waals surface area contributed by atoms with Crippen LogP contribution < -0.4 is 4.74 Å². The van der Waals surface area contributed by atoms with Crippen LogP contribution in [0.25, 0.3) is 6.08 Å². The van der Waals surface area contributed by atoms with Gasteiger partial charge in [0.1, 0.15) is 5.75 Å². The fourth-order valence-electron chi connectivity index (χ4n) is 1.62. The van der Waals surface area contributed by atoms with Gasteiger partial charge in [-0.25, -0.2) is 4.98 Å². The van der Waals surface area contributed by atoms with Gasteiger partial charge in [0, 0.05) is 6.08 Å². The van der Waals surface area contributed by atoms with Gasteiger partial charge in [-0.05, 0) is 12.1 Å². The van der Waals surface area contributed by atoms with Gasteiger partial charge in [-0.2, -0.15) is 0 Å². The van der Waals surface area contributed by atoms with Crippen molar-refractivity contribution in [1.29, 1.82) is 0 Å². The molecule has 1 aromatic heterocycles. The number of nitrogens with one attached hydrogen (secondary N) is 1. The molecule has 0 amide bonds. The molecule has 0 aliphatic carbocycles. The molecule has 0 bridgehead atoms. The lowest BCUT2D eigenvalue weighted by molar-refractivity contribution is 0.101. The average Bonchev–Trinajstić information content (AvgIpc) is 2.90. The van der Waals surface area contributed by atoms with Crippen LogP contribution in [0, 0.1) is 0 Å². The third kappa shape index (κ3) is 1.32. The maximum absolute atomic E-state index is 11.9. The van der Waals surface area contributed by atoms with Crippen molar-refractivity contribution in [2.24, 2.45) is 0 Å². The zero-order valence-electron chi connectivity index (χ0n) is 8.31. The van der Waals surface area contributed by atoms with E-state index in [-0.39, 0.29) is 5.78 Å². The van der Waals surface area contributed by atoms with E-state index in [1.807, 2.05) is 12.1 Å². The van der Waals surface area contributed by atoms with Crippen LogP contribution in [-0.2, 0) is 0 Å². The topological polar surface area (TPSA) is 55.0 Å². The van der Waals surface area contributed by atoms with E-state index in [0.717, 1.165) is 5.69 Å². The summed E-state index contributed by atoms with van der Waals surface area (Å²) in [7, 11) is 0. The number of fused-ring (bicyclic) bond motifs is 1. The average molecular weight is 212 g/mol. The molecule has 3 rings (SSSR count). The Hall–Kier alpha value is -2.36. The zero-order valence-corrected chi connectivity index (χ0v) is 8.31. The van der Waals surface area contributed by atoms with E-state index in [9.17, 15) is 4.79 Å². The molecule has 0 saturated heterocycles. The highest BCUT2D eigenvalue weighted by molar-refractivity contribution is 6.14. The molecule has 1 aromatic carbocycles. The number of aromatic nitrogens is 2. The minimum Gasteiger partial charge on any atom is -0.452 e.